The van der Waals surface area contributed by atoms with E-state index in [1.165, 1.54) is 19.3 Å². The van der Waals surface area contributed by atoms with Gasteiger partial charge in [0.05, 0.1) is 7.11 Å². The Morgan fingerprint density at radius 1 is 1.57 bits per heavy atom. The molecule has 0 saturated carbocycles. The molecular formula is C11H12O3. The SMILES string of the molecule is CC[C@@H](O)C#CC#C/C=C\C(=O)OC. The van der Waals surface area contributed by atoms with Crippen LogP contribution in [0.2, 0.25) is 0 Å². The molecule has 0 aromatic carbocycles. The fourth-order valence-electron chi connectivity index (χ4n) is 0.477. The third-order valence-electron chi connectivity index (χ3n) is 1.26. The summed E-state index contributed by atoms with van der Waals surface area (Å²) < 4.78 is 4.34. The van der Waals surface area contributed by atoms with Crippen molar-refractivity contribution in [2.45, 2.75) is 19.4 Å². The van der Waals surface area contributed by atoms with E-state index < -0.39 is 12.1 Å². The van der Waals surface area contributed by atoms with Gasteiger partial charge in [0.2, 0.25) is 0 Å². The molecule has 1 atom stereocenters. The Morgan fingerprint density at radius 3 is 2.86 bits per heavy atom. The lowest BCUT2D eigenvalue weighted by molar-refractivity contribution is -0.134. The maximum Gasteiger partial charge on any atom is 0.331 e. The second-order valence-corrected chi connectivity index (χ2v) is 2.32. The summed E-state index contributed by atoms with van der Waals surface area (Å²) in [5.74, 6) is 9.50. The van der Waals surface area contributed by atoms with E-state index in [0.29, 0.717) is 6.42 Å². The quantitative estimate of drug-likeness (QED) is 0.393. The van der Waals surface area contributed by atoms with E-state index in [0.717, 1.165) is 0 Å². The first-order valence-corrected chi connectivity index (χ1v) is 4.14. The molecule has 0 fully saturated rings. The van der Waals surface area contributed by atoms with E-state index in [-0.39, 0.29) is 0 Å². The van der Waals surface area contributed by atoms with Gasteiger partial charge in [-0.25, -0.2) is 4.79 Å². The number of esters is 1. The average Bonchev–Trinajstić information content (AvgIpc) is 2.22. The zero-order valence-electron chi connectivity index (χ0n) is 8.20. The lowest BCUT2D eigenvalue weighted by Gasteiger charge is -1.91. The van der Waals surface area contributed by atoms with Crippen LogP contribution in [0.1, 0.15) is 13.3 Å². The summed E-state index contributed by atoms with van der Waals surface area (Å²) >= 11 is 0. The predicted molar refractivity (Wildman–Crippen MR) is 53.0 cm³/mol. The Morgan fingerprint density at radius 2 is 2.29 bits per heavy atom. The molecule has 0 spiro atoms. The van der Waals surface area contributed by atoms with Crippen molar-refractivity contribution in [2.24, 2.45) is 0 Å². The minimum absolute atomic E-state index is 0.458. The van der Waals surface area contributed by atoms with Gasteiger partial charge in [-0.3, -0.25) is 0 Å². The molecule has 0 heterocycles. The molecule has 0 aliphatic carbocycles. The van der Waals surface area contributed by atoms with Gasteiger partial charge in [0.1, 0.15) is 6.10 Å². The maximum atomic E-state index is 10.5. The maximum absolute atomic E-state index is 10.5. The minimum atomic E-state index is -0.631. The first-order chi connectivity index (χ1) is 6.70. The topological polar surface area (TPSA) is 46.5 Å². The van der Waals surface area contributed by atoms with Gasteiger partial charge < -0.3 is 9.84 Å². The van der Waals surface area contributed by atoms with Crippen molar-refractivity contribution >= 4 is 5.97 Å². The molecule has 0 aliphatic rings. The van der Waals surface area contributed by atoms with E-state index in [4.69, 9.17) is 5.11 Å². The first kappa shape index (κ1) is 12.3. The summed E-state index contributed by atoms with van der Waals surface area (Å²) in [6.45, 7) is 1.82. The number of aliphatic hydroxyl groups excluding tert-OH is 1. The molecule has 0 aliphatic heterocycles. The standard InChI is InChI=1S/C11H12O3/c1-3-10(12)8-6-4-5-7-9-11(13)14-2/h7,9-10,12H,3H2,1-2H3/b9-7-/t10-/m1/s1. The summed E-state index contributed by atoms with van der Waals surface area (Å²) in [6.07, 6.45) is 2.49. The molecule has 0 aromatic heterocycles. The number of hydrogen-bond donors (Lipinski definition) is 1. The summed E-state index contributed by atoms with van der Waals surface area (Å²) in [7, 11) is 1.29. The van der Waals surface area contributed by atoms with Gasteiger partial charge in [-0.1, -0.05) is 18.8 Å². The third kappa shape index (κ3) is 6.97. The Bertz CT molecular complexity index is 320. The number of carbonyl (C=O) groups is 1. The molecule has 3 heteroatoms. The smallest absolute Gasteiger partial charge is 0.331 e. The molecule has 14 heavy (non-hydrogen) atoms. The van der Waals surface area contributed by atoms with Crippen molar-refractivity contribution in [3.8, 4) is 23.7 Å². The van der Waals surface area contributed by atoms with Crippen LogP contribution < -0.4 is 0 Å². The van der Waals surface area contributed by atoms with E-state index in [9.17, 15) is 4.79 Å². The molecule has 0 unspecified atom stereocenters. The van der Waals surface area contributed by atoms with Gasteiger partial charge in [0, 0.05) is 6.08 Å². The van der Waals surface area contributed by atoms with Crippen molar-refractivity contribution in [1.29, 1.82) is 0 Å². The Labute approximate surface area is 83.8 Å². The van der Waals surface area contributed by atoms with Crippen LogP contribution in [0.15, 0.2) is 12.2 Å². The number of rotatable bonds is 2. The predicted octanol–water partition coefficient (Wildman–Crippen LogP) is 0.493. The monoisotopic (exact) mass is 192 g/mol. The van der Waals surface area contributed by atoms with Crippen LogP contribution in [0.5, 0.6) is 0 Å². The van der Waals surface area contributed by atoms with Gasteiger partial charge in [-0.15, -0.1) is 0 Å². The molecule has 0 rings (SSSR count). The van der Waals surface area contributed by atoms with Crippen LogP contribution in [0.25, 0.3) is 0 Å². The van der Waals surface area contributed by atoms with E-state index >= 15 is 0 Å². The van der Waals surface area contributed by atoms with Crippen molar-refractivity contribution in [3.63, 3.8) is 0 Å². The molecule has 3 nitrogen and oxygen atoms in total. The summed E-state index contributed by atoms with van der Waals surface area (Å²) in [6, 6.07) is 0. The second kappa shape index (κ2) is 7.91. The van der Waals surface area contributed by atoms with Gasteiger partial charge >= 0.3 is 5.97 Å². The third-order valence-corrected chi connectivity index (χ3v) is 1.26. The highest BCUT2D eigenvalue weighted by atomic mass is 16.5. The average molecular weight is 192 g/mol. The largest absolute Gasteiger partial charge is 0.466 e. The van der Waals surface area contributed by atoms with Crippen molar-refractivity contribution < 1.29 is 14.6 Å². The zero-order valence-corrected chi connectivity index (χ0v) is 8.20. The lowest BCUT2D eigenvalue weighted by Crippen LogP contribution is -1.98. The van der Waals surface area contributed by atoms with Gasteiger partial charge in [-0.2, -0.15) is 0 Å². The lowest BCUT2D eigenvalue weighted by atomic mass is 10.3. The second-order valence-electron chi connectivity index (χ2n) is 2.32. The summed E-state index contributed by atoms with van der Waals surface area (Å²) in [5.41, 5.74) is 0. The highest BCUT2D eigenvalue weighted by Crippen LogP contribution is 1.84. The highest BCUT2D eigenvalue weighted by molar-refractivity contribution is 5.82. The van der Waals surface area contributed by atoms with Gasteiger partial charge in [-0.05, 0) is 24.3 Å². The van der Waals surface area contributed by atoms with Crippen LogP contribution in [-0.4, -0.2) is 24.3 Å². The number of carbonyl (C=O) groups excluding carboxylic acids is 1. The number of hydrogen-bond acceptors (Lipinski definition) is 3. The van der Waals surface area contributed by atoms with Gasteiger partial charge in [0.25, 0.3) is 0 Å². The zero-order chi connectivity index (χ0) is 10.8. The van der Waals surface area contributed by atoms with Crippen molar-refractivity contribution in [2.75, 3.05) is 7.11 Å². The van der Waals surface area contributed by atoms with E-state index in [1.807, 2.05) is 6.92 Å². The Kier molecular flexibility index (Phi) is 6.95. The van der Waals surface area contributed by atoms with Gasteiger partial charge in [0.15, 0.2) is 0 Å². The summed E-state index contributed by atoms with van der Waals surface area (Å²) in [4.78, 5) is 10.5. The van der Waals surface area contributed by atoms with Crippen LogP contribution in [0, 0.1) is 23.7 Å². The number of aliphatic hydroxyl groups is 1. The van der Waals surface area contributed by atoms with Crippen LogP contribution in [0.4, 0.5) is 0 Å². The molecular weight excluding hydrogens is 180 g/mol. The first-order valence-electron chi connectivity index (χ1n) is 4.14. The number of allylic oxidation sites excluding steroid dienone is 1. The summed E-state index contributed by atoms with van der Waals surface area (Å²) in [5, 5.41) is 9.01. The molecule has 0 bridgehead atoms. The fourth-order valence-corrected chi connectivity index (χ4v) is 0.477. The normalized spacial score (nSPS) is 10.8. The minimum Gasteiger partial charge on any atom is -0.466 e. The van der Waals surface area contributed by atoms with Crippen molar-refractivity contribution in [1.82, 2.24) is 0 Å². The van der Waals surface area contributed by atoms with E-state index in [1.54, 1.807) is 0 Å². The van der Waals surface area contributed by atoms with Crippen molar-refractivity contribution in [3.05, 3.63) is 12.2 Å². The van der Waals surface area contributed by atoms with Crippen LogP contribution >= 0.6 is 0 Å². The fraction of sp³-hybridized carbons (Fsp3) is 0.364. The molecule has 0 aromatic rings. The molecule has 0 radical (unpaired) electrons. The highest BCUT2D eigenvalue weighted by Gasteiger charge is 1.89. The molecule has 0 amide bonds. The van der Waals surface area contributed by atoms with Crippen LogP contribution in [-0.2, 0) is 9.53 Å². The number of ether oxygens (including phenoxy) is 1. The Balaban J connectivity index is 3.99. The Hall–Kier alpha value is -1.71. The van der Waals surface area contributed by atoms with Crippen LogP contribution in [0.3, 0.4) is 0 Å². The molecule has 0 saturated heterocycles. The molecule has 1 N–H and O–H groups in total. The molecule has 74 valence electrons. The number of methoxy groups -OCH3 is 1. The van der Waals surface area contributed by atoms with E-state index in [2.05, 4.69) is 28.4 Å².